The monoisotopic (exact) mass is 267 g/mol. The summed E-state index contributed by atoms with van der Waals surface area (Å²) in [5, 5.41) is 0. The molecule has 0 fully saturated rings. The smallest absolute Gasteiger partial charge is 0.0440 e. The van der Waals surface area contributed by atoms with E-state index >= 15 is 0 Å². The van der Waals surface area contributed by atoms with Crippen molar-refractivity contribution in [2.24, 2.45) is 11.8 Å². The lowest BCUT2D eigenvalue weighted by molar-refractivity contribution is 0.414. The predicted octanol–water partition coefficient (Wildman–Crippen LogP) is 7.18. The minimum Gasteiger partial charge on any atom is -0.0654 e. The van der Waals surface area contributed by atoms with E-state index in [4.69, 9.17) is 0 Å². The van der Waals surface area contributed by atoms with Gasteiger partial charge in [-0.2, -0.15) is 0 Å². The molecule has 0 aliphatic heterocycles. The third kappa shape index (κ3) is 15.9. The van der Waals surface area contributed by atoms with Gasteiger partial charge in [0.1, 0.15) is 0 Å². The lowest BCUT2D eigenvalue weighted by Crippen LogP contribution is -2.00. The normalized spacial score (nSPS) is 13.1. The molecule has 0 aliphatic carbocycles. The Morgan fingerprint density at radius 2 is 1.11 bits per heavy atom. The number of hydrogen-bond acceptors (Lipinski definition) is 0. The van der Waals surface area contributed by atoms with Gasteiger partial charge in [-0.15, -0.1) is 0 Å². The summed E-state index contributed by atoms with van der Waals surface area (Å²) in [7, 11) is 0. The van der Waals surface area contributed by atoms with E-state index in [-0.39, 0.29) is 0 Å². The first-order chi connectivity index (χ1) is 9.16. The summed E-state index contributed by atoms with van der Waals surface area (Å²) in [5.74, 6) is 1.51. The van der Waals surface area contributed by atoms with E-state index < -0.39 is 0 Å². The van der Waals surface area contributed by atoms with Gasteiger partial charge in [-0.05, 0) is 18.3 Å². The number of rotatable bonds is 14. The van der Waals surface area contributed by atoms with Gasteiger partial charge in [-0.3, -0.25) is 0 Å². The maximum Gasteiger partial charge on any atom is -0.0440 e. The number of hydrogen-bond donors (Lipinski definition) is 0. The molecule has 0 N–H and O–H groups in total. The van der Waals surface area contributed by atoms with Crippen LogP contribution in [0.15, 0.2) is 0 Å². The van der Waals surface area contributed by atoms with E-state index in [1.807, 2.05) is 0 Å². The van der Waals surface area contributed by atoms with Crippen LogP contribution in [0.5, 0.6) is 0 Å². The molecule has 0 spiro atoms. The summed E-state index contributed by atoms with van der Waals surface area (Å²) in [6, 6.07) is 0. The molecular formula is C19H39. The molecule has 0 aromatic carbocycles. The van der Waals surface area contributed by atoms with Gasteiger partial charge >= 0.3 is 0 Å². The molecule has 115 valence electrons. The standard InChI is InChI=1S/C19H39/c1-5-6-7-8-9-10-11-12-13-14-15-16-19(4)17-18(2)3/h18-19H,2,5-17H2,1,3-4H3. The Bertz CT molecular complexity index is 159. The Kier molecular flexibility index (Phi) is 14.4. The molecular weight excluding hydrogens is 228 g/mol. The molecule has 19 heavy (non-hydrogen) atoms. The highest BCUT2D eigenvalue weighted by atomic mass is 14.1. The van der Waals surface area contributed by atoms with E-state index in [1.54, 1.807) is 0 Å². The number of unbranched alkanes of at least 4 members (excludes halogenated alkanes) is 10. The Morgan fingerprint density at radius 1 is 0.684 bits per heavy atom. The summed E-state index contributed by atoms with van der Waals surface area (Å²) in [5.41, 5.74) is 0. The summed E-state index contributed by atoms with van der Waals surface area (Å²) in [4.78, 5) is 0. The van der Waals surface area contributed by atoms with E-state index in [9.17, 15) is 0 Å². The van der Waals surface area contributed by atoms with Crippen LogP contribution in [0.3, 0.4) is 0 Å². The minimum atomic E-state index is 0.628. The molecule has 2 unspecified atom stereocenters. The average molecular weight is 268 g/mol. The first-order valence-electron chi connectivity index (χ1n) is 8.99. The second kappa shape index (κ2) is 14.4. The molecule has 0 heteroatoms. The fourth-order valence-corrected chi connectivity index (χ4v) is 2.96. The van der Waals surface area contributed by atoms with Crippen molar-refractivity contribution in [2.45, 2.75) is 104 Å². The highest BCUT2D eigenvalue weighted by Crippen LogP contribution is 2.18. The largest absolute Gasteiger partial charge is 0.0654 e. The lowest BCUT2D eigenvalue weighted by atomic mass is 9.93. The van der Waals surface area contributed by atoms with Gasteiger partial charge in [0.15, 0.2) is 0 Å². The molecule has 0 rings (SSSR count). The summed E-state index contributed by atoms with van der Waals surface area (Å²) < 4.78 is 0. The zero-order valence-corrected chi connectivity index (χ0v) is 14.1. The Morgan fingerprint density at radius 3 is 1.53 bits per heavy atom. The van der Waals surface area contributed by atoms with Gasteiger partial charge in [0.05, 0.1) is 0 Å². The van der Waals surface area contributed by atoms with Crippen molar-refractivity contribution >= 4 is 0 Å². The van der Waals surface area contributed by atoms with Crippen LogP contribution < -0.4 is 0 Å². The van der Waals surface area contributed by atoms with E-state index in [2.05, 4.69) is 27.7 Å². The van der Waals surface area contributed by atoms with Gasteiger partial charge < -0.3 is 0 Å². The Labute approximate surface area is 123 Å². The highest BCUT2D eigenvalue weighted by molar-refractivity contribution is 4.61. The Balaban J connectivity index is 3.06. The molecule has 1 radical (unpaired) electrons. The van der Waals surface area contributed by atoms with Crippen molar-refractivity contribution in [2.75, 3.05) is 0 Å². The summed E-state index contributed by atoms with van der Waals surface area (Å²) in [6.07, 6.45) is 18.7. The molecule has 0 saturated carbocycles. The maximum absolute atomic E-state index is 4.08. The van der Waals surface area contributed by atoms with Crippen molar-refractivity contribution in [1.82, 2.24) is 0 Å². The molecule has 0 nitrogen and oxygen atoms in total. The van der Waals surface area contributed by atoms with Crippen LogP contribution in [0.1, 0.15) is 104 Å². The second-order valence-electron chi connectivity index (χ2n) is 6.77. The van der Waals surface area contributed by atoms with Gasteiger partial charge in [0, 0.05) is 0 Å². The molecule has 0 aromatic rings. The Hall–Kier alpha value is 0. The van der Waals surface area contributed by atoms with Gasteiger partial charge in [0.2, 0.25) is 0 Å². The predicted molar refractivity (Wildman–Crippen MR) is 89.4 cm³/mol. The molecule has 0 heterocycles. The fourth-order valence-electron chi connectivity index (χ4n) is 2.96. The van der Waals surface area contributed by atoms with Crippen LogP contribution in [-0.4, -0.2) is 0 Å². The van der Waals surface area contributed by atoms with Crippen LogP contribution in [0.2, 0.25) is 0 Å². The van der Waals surface area contributed by atoms with Gasteiger partial charge in [0.25, 0.3) is 0 Å². The van der Waals surface area contributed by atoms with Crippen LogP contribution in [0, 0.1) is 18.8 Å². The molecule has 0 amide bonds. The average Bonchev–Trinajstić information content (AvgIpc) is 2.35. The quantitative estimate of drug-likeness (QED) is 0.292. The second-order valence-corrected chi connectivity index (χ2v) is 6.77. The van der Waals surface area contributed by atoms with E-state index in [0.717, 1.165) is 5.92 Å². The topological polar surface area (TPSA) is 0 Å². The first kappa shape index (κ1) is 19.0. The third-order valence-electron chi connectivity index (χ3n) is 4.11. The zero-order chi connectivity index (χ0) is 14.3. The molecule has 0 bridgehead atoms. The van der Waals surface area contributed by atoms with Crippen LogP contribution >= 0.6 is 0 Å². The first-order valence-corrected chi connectivity index (χ1v) is 8.99. The third-order valence-corrected chi connectivity index (χ3v) is 4.11. The maximum atomic E-state index is 4.08. The summed E-state index contributed by atoms with van der Waals surface area (Å²) in [6.45, 7) is 11.0. The molecule has 2 atom stereocenters. The van der Waals surface area contributed by atoms with Crippen molar-refractivity contribution in [1.29, 1.82) is 0 Å². The van der Waals surface area contributed by atoms with Crippen LogP contribution in [-0.2, 0) is 0 Å². The molecule has 0 aromatic heterocycles. The minimum absolute atomic E-state index is 0.628. The van der Waals surface area contributed by atoms with Crippen molar-refractivity contribution in [3.63, 3.8) is 0 Å². The van der Waals surface area contributed by atoms with Gasteiger partial charge in [-0.1, -0.05) is 105 Å². The fraction of sp³-hybridized carbons (Fsp3) is 0.947. The molecule has 0 aliphatic rings. The van der Waals surface area contributed by atoms with Crippen LogP contribution in [0.4, 0.5) is 0 Å². The van der Waals surface area contributed by atoms with Gasteiger partial charge in [-0.25, -0.2) is 0 Å². The SMILES string of the molecule is [CH2]C(C)CC(C)CCCCCCCCCCCCC. The summed E-state index contributed by atoms with van der Waals surface area (Å²) >= 11 is 0. The van der Waals surface area contributed by atoms with Crippen molar-refractivity contribution in [3.05, 3.63) is 6.92 Å². The van der Waals surface area contributed by atoms with Crippen LogP contribution in [0.25, 0.3) is 0 Å². The lowest BCUT2D eigenvalue weighted by Gasteiger charge is -2.13. The zero-order valence-electron chi connectivity index (χ0n) is 14.1. The van der Waals surface area contributed by atoms with E-state index in [0.29, 0.717) is 5.92 Å². The molecule has 0 saturated heterocycles. The van der Waals surface area contributed by atoms with Crippen molar-refractivity contribution < 1.29 is 0 Å². The van der Waals surface area contributed by atoms with E-state index in [1.165, 1.54) is 83.5 Å². The van der Waals surface area contributed by atoms with Crippen molar-refractivity contribution in [3.8, 4) is 0 Å². The highest BCUT2D eigenvalue weighted by Gasteiger charge is 2.04.